The predicted octanol–water partition coefficient (Wildman–Crippen LogP) is -8.83. The van der Waals surface area contributed by atoms with E-state index < -0.39 is 0 Å². The van der Waals surface area contributed by atoms with Crippen LogP contribution in [0.1, 0.15) is 0 Å². The zero-order chi connectivity index (χ0) is 0. The van der Waals surface area contributed by atoms with E-state index in [1.807, 2.05) is 0 Å². The topological polar surface area (TPSA) is 35.0 Å². The second-order valence-electron chi connectivity index (χ2n) is 0. The smallest absolute Gasteiger partial charge is 0.344 e. The molecule has 0 aromatic heterocycles. The molecule has 4 heavy (non-hydrogen) atoms. The predicted molar refractivity (Wildman–Crippen MR) is 5.02 cm³/mol. The van der Waals surface area contributed by atoms with Crippen molar-refractivity contribution in [1.29, 1.82) is 0 Å². The van der Waals surface area contributed by atoms with E-state index in [0.29, 0.717) is 0 Å². The molecule has 0 saturated carbocycles. The third-order valence-electron chi connectivity index (χ3n) is 0. The van der Waals surface area contributed by atoms with Gasteiger partial charge in [-0.1, -0.05) is 0 Å². The van der Waals surface area contributed by atoms with Gasteiger partial charge in [0.25, 0.3) is 0 Å². The molecule has 3 N–H and O–H groups in total. The summed E-state index contributed by atoms with van der Waals surface area (Å²) < 4.78 is 0. The fourth-order valence-electron chi connectivity index (χ4n) is 0. The summed E-state index contributed by atoms with van der Waals surface area (Å²) in [5, 5.41) is 0. The first-order valence-electron chi connectivity index (χ1n) is 0. The van der Waals surface area contributed by atoms with Crippen molar-refractivity contribution >= 4 is 0 Å². The van der Waals surface area contributed by atoms with Crippen LogP contribution < -0.4 is 117 Å². The van der Waals surface area contributed by atoms with Gasteiger partial charge in [-0.2, -0.15) is 0 Å². The van der Waals surface area contributed by atoms with Crippen LogP contribution in [0.2, 0.25) is 0 Å². The molecule has 0 bridgehead atoms. The minimum absolute atomic E-state index is 0. The Morgan fingerprint density at radius 1 is 0.750 bits per heavy atom. The quantitative estimate of drug-likeness (QED) is 0.303. The van der Waals surface area contributed by atoms with Crippen LogP contribution in [-0.4, -0.2) is 0 Å². The Balaban J connectivity index is 0. The first-order valence-corrected chi connectivity index (χ1v) is 0. The van der Waals surface area contributed by atoms with Gasteiger partial charge in [0, 0.05) is 0 Å². The molecule has 0 rings (SSSR count). The average molecular weight is 102 g/mol. The molecule has 0 fully saturated rings. The molecule has 0 aliphatic heterocycles. The molecule has 0 atom stereocenters. The van der Waals surface area contributed by atoms with Gasteiger partial charge in [-0.05, 0) is 0 Å². The second-order valence-corrected chi connectivity index (χ2v) is 0. The minimum atomic E-state index is 0. The van der Waals surface area contributed by atoms with Gasteiger partial charge >= 0.3 is 110 Å². The van der Waals surface area contributed by atoms with Gasteiger partial charge in [-0.15, -0.1) is 0 Å². The normalized spacial score (nSPS) is 0. The zero-order valence-electron chi connectivity index (χ0n) is 3.71. The molecule has 0 aromatic rings. The molecule has 4 heteroatoms. The maximum atomic E-state index is 0. The summed E-state index contributed by atoms with van der Waals surface area (Å²) in [6.45, 7) is 0. The standard InChI is InChI=1S/K.H3N.2Na/h;1H3;;/q+1;;2*+1. The van der Waals surface area contributed by atoms with Crippen molar-refractivity contribution in [3.63, 3.8) is 0 Å². The van der Waals surface area contributed by atoms with Crippen molar-refractivity contribution in [2.45, 2.75) is 0 Å². The third-order valence-corrected chi connectivity index (χ3v) is 0. The molecule has 0 unspecified atom stereocenters. The summed E-state index contributed by atoms with van der Waals surface area (Å²) in [6, 6.07) is 0. The molecule has 8 valence electrons. The molecule has 0 radical (unpaired) electrons. The first kappa shape index (κ1) is 25.6. The van der Waals surface area contributed by atoms with Crippen molar-refractivity contribution in [2.75, 3.05) is 0 Å². The van der Waals surface area contributed by atoms with Gasteiger partial charge in [0.05, 0.1) is 0 Å². The van der Waals surface area contributed by atoms with Crippen molar-refractivity contribution in [1.82, 2.24) is 6.15 Å². The zero-order valence-corrected chi connectivity index (χ0v) is 10.8. The fourth-order valence-corrected chi connectivity index (χ4v) is 0. The van der Waals surface area contributed by atoms with E-state index in [1.165, 1.54) is 0 Å². The van der Waals surface area contributed by atoms with E-state index >= 15 is 0 Å². The Hall–Kier alpha value is 3.60. The van der Waals surface area contributed by atoms with Crippen LogP contribution in [0.15, 0.2) is 0 Å². The minimum Gasteiger partial charge on any atom is -0.344 e. The van der Waals surface area contributed by atoms with Crippen LogP contribution in [0.4, 0.5) is 0 Å². The molecule has 0 saturated heterocycles. The Morgan fingerprint density at radius 2 is 0.750 bits per heavy atom. The van der Waals surface area contributed by atoms with Gasteiger partial charge in [-0.3, -0.25) is 0 Å². The van der Waals surface area contributed by atoms with Gasteiger partial charge in [0.1, 0.15) is 0 Å². The van der Waals surface area contributed by atoms with Crippen LogP contribution in [0.3, 0.4) is 0 Å². The van der Waals surface area contributed by atoms with E-state index in [-0.39, 0.29) is 117 Å². The molecular formula is H3KNNa2+3. The van der Waals surface area contributed by atoms with Gasteiger partial charge in [0.2, 0.25) is 0 Å². The monoisotopic (exact) mass is 102 g/mol. The number of hydrogen-bond donors (Lipinski definition) is 1. The van der Waals surface area contributed by atoms with Gasteiger partial charge < -0.3 is 6.15 Å². The Labute approximate surface area is 113 Å². The van der Waals surface area contributed by atoms with Crippen LogP contribution in [0, 0.1) is 0 Å². The molecular weight excluding hydrogens is 99.1 g/mol. The molecule has 0 heterocycles. The molecule has 0 aromatic carbocycles. The van der Waals surface area contributed by atoms with E-state index in [4.69, 9.17) is 0 Å². The number of hydrogen-bond acceptors (Lipinski definition) is 1. The molecule has 1 nitrogen and oxygen atoms in total. The Morgan fingerprint density at radius 3 is 0.750 bits per heavy atom. The van der Waals surface area contributed by atoms with Gasteiger partial charge in [0.15, 0.2) is 0 Å². The molecule has 0 amide bonds. The first-order chi connectivity index (χ1) is 0. The summed E-state index contributed by atoms with van der Waals surface area (Å²) in [5.74, 6) is 0. The molecule has 0 spiro atoms. The Bertz CT molecular complexity index is 6.00. The summed E-state index contributed by atoms with van der Waals surface area (Å²) in [4.78, 5) is 0. The largest absolute Gasteiger partial charge is 1.00 e. The van der Waals surface area contributed by atoms with Gasteiger partial charge in [-0.25, -0.2) is 0 Å². The summed E-state index contributed by atoms with van der Waals surface area (Å²) in [5.41, 5.74) is 0. The molecule has 0 aliphatic rings. The van der Waals surface area contributed by atoms with Crippen LogP contribution in [0.25, 0.3) is 0 Å². The van der Waals surface area contributed by atoms with Crippen molar-refractivity contribution in [3.05, 3.63) is 0 Å². The summed E-state index contributed by atoms with van der Waals surface area (Å²) in [7, 11) is 0. The van der Waals surface area contributed by atoms with E-state index in [2.05, 4.69) is 0 Å². The summed E-state index contributed by atoms with van der Waals surface area (Å²) >= 11 is 0. The van der Waals surface area contributed by atoms with E-state index in [0.717, 1.165) is 0 Å². The van der Waals surface area contributed by atoms with E-state index in [9.17, 15) is 0 Å². The third kappa shape index (κ3) is 9.14. The second kappa shape index (κ2) is 16.0. The van der Waals surface area contributed by atoms with Crippen LogP contribution in [-0.2, 0) is 0 Å². The SMILES string of the molecule is N.[K+].[Na+].[Na+]. The van der Waals surface area contributed by atoms with Crippen LogP contribution in [0.5, 0.6) is 0 Å². The summed E-state index contributed by atoms with van der Waals surface area (Å²) in [6.07, 6.45) is 0. The Kier molecular flexibility index (Phi) is 102. The van der Waals surface area contributed by atoms with Crippen molar-refractivity contribution in [2.24, 2.45) is 0 Å². The van der Waals surface area contributed by atoms with Crippen molar-refractivity contribution < 1.29 is 110 Å². The maximum Gasteiger partial charge on any atom is 1.00 e. The number of rotatable bonds is 0. The van der Waals surface area contributed by atoms with Crippen LogP contribution >= 0.6 is 0 Å². The van der Waals surface area contributed by atoms with E-state index in [1.54, 1.807) is 0 Å². The van der Waals surface area contributed by atoms with Crippen molar-refractivity contribution in [3.8, 4) is 0 Å². The average Bonchev–Trinajstić information content (AvgIpc) is 0. The fraction of sp³-hybridized carbons (Fsp3) is 0. The molecule has 0 aliphatic carbocycles. The maximum absolute atomic E-state index is 0.